The van der Waals surface area contributed by atoms with Crippen LogP contribution >= 0.6 is 15.9 Å². The van der Waals surface area contributed by atoms with E-state index < -0.39 is 0 Å². The molecule has 0 radical (unpaired) electrons. The average molecular weight is 270 g/mol. The van der Waals surface area contributed by atoms with Crippen molar-refractivity contribution in [3.05, 3.63) is 35.9 Å². The molecule has 0 aliphatic heterocycles. The molecule has 0 N–H and O–H groups in total. The SMILES string of the molecule is Cn1c(CBr)nnc1-c1ccc(F)cc1. The van der Waals surface area contributed by atoms with Crippen LogP contribution < -0.4 is 0 Å². The molecule has 0 saturated heterocycles. The summed E-state index contributed by atoms with van der Waals surface area (Å²) in [5.74, 6) is 1.33. The molecule has 0 aliphatic rings. The van der Waals surface area contributed by atoms with E-state index >= 15 is 0 Å². The number of hydrogen-bond donors (Lipinski definition) is 0. The van der Waals surface area contributed by atoms with E-state index in [2.05, 4.69) is 26.1 Å². The minimum absolute atomic E-state index is 0.248. The lowest BCUT2D eigenvalue weighted by Gasteiger charge is -2.01. The lowest BCUT2D eigenvalue weighted by molar-refractivity contribution is 0.628. The molecule has 0 bridgehead atoms. The van der Waals surface area contributed by atoms with Crippen LogP contribution in [0.5, 0.6) is 0 Å². The monoisotopic (exact) mass is 269 g/mol. The standard InChI is InChI=1S/C10H9BrFN3/c1-15-9(6-11)13-14-10(15)7-2-4-8(12)5-3-7/h2-5H,6H2,1H3. The van der Waals surface area contributed by atoms with Crippen molar-refractivity contribution in [3.63, 3.8) is 0 Å². The fourth-order valence-corrected chi connectivity index (χ4v) is 1.82. The Balaban J connectivity index is 2.45. The van der Waals surface area contributed by atoms with Crippen molar-refractivity contribution in [2.75, 3.05) is 0 Å². The molecule has 0 atom stereocenters. The van der Waals surface area contributed by atoms with E-state index in [1.807, 2.05) is 11.6 Å². The molecular weight excluding hydrogens is 261 g/mol. The quantitative estimate of drug-likeness (QED) is 0.785. The van der Waals surface area contributed by atoms with Gasteiger partial charge in [0.05, 0.1) is 5.33 Å². The van der Waals surface area contributed by atoms with Gasteiger partial charge in [-0.3, -0.25) is 0 Å². The van der Waals surface area contributed by atoms with E-state index in [1.165, 1.54) is 12.1 Å². The Morgan fingerprint density at radius 2 is 1.93 bits per heavy atom. The fraction of sp³-hybridized carbons (Fsp3) is 0.200. The summed E-state index contributed by atoms with van der Waals surface area (Å²) in [5.41, 5.74) is 0.860. The molecule has 0 fully saturated rings. The maximum atomic E-state index is 12.7. The largest absolute Gasteiger partial charge is 0.313 e. The third kappa shape index (κ3) is 1.92. The fourth-order valence-electron chi connectivity index (χ4n) is 1.33. The zero-order valence-corrected chi connectivity index (χ0v) is 9.70. The van der Waals surface area contributed by atoms with E-state index in [0.29, 0.717) is 5.33 Å². The predicted molar refractivity (Wildman–Crippen MR) is 59.0 cm³/mol. The van der Waals surface area contributed by atoms with Gasteiger partial charge in [-0.05, 0) is 24.3 Å². The van der Waals surface area contributed by atoms with Crippen molar-refractivity contribution in [1.29, 1.82) is 0 Å². The zero-order chi connectivity index (χ0) is 10.8. The Morgan fingerprint density at radius 1 is 1.27 bits per heavy atom. The highest BCUT2D eigenvalue weighted by Crippen LogP contribution is 2.18. The van der Waals surface area contributed by atoms with E-state index in [4.69, 9.17) is 0 Å². The van der Waals surface area contributed by atoms with Crippen molar-refractivity contribution in [2.45, 2.75) is 5.33 Å². The van der Waals surface area contributed by atoms with Crippen molar-refractivity contribution >= 4 is 15.9 Å². The van der Waals surface area contributed by atoms with Gasteiger partial charge in [-0.15, -0.1) is 10.2 Å². The van der Waals surface area contributed by atoms with Gasteiger partial charge in [0.15, 0.2) is 5.82 Å². The summed E-state index contributed by atoms with van der Waals surface area (Å²) in [6.07, 6.45) is 0. The van der Waals surface area contributed by atoms with Gasteiger partial charge in [-0.2, -0.15) is 0 Å². The Hall–Kier alpha value is -1.23. The van der Waals surface area contributed by atoms with E-state index in [9.17, 15) is 4.39 Å². The second kappa shape index (κ2) is 4.10. The number of hydrogen-bond acceptors (Lipinski definition) is 2. The second-order valence-electron chi connectivity index (χ2n) is 3.14. The lowest BCUT2D eigenvalue weighted by atomic mass is 10.2. The Kier molecular flexibility index (Phi) is 2.81. The van der Waals surface area contributed by atoms with Crippen LogP contribution in [0.4, 0.5) is 4.39 Å². The molecule has 2 aromatic rings. The molecule has 1 heterocycles. The first kappa shape index (κ1) is 10.3. The van der Waals surface area contributed by atoms with Crippen LogP contribution in [0.25, 0.3) is 11.4 Å². The summed E-state index contributed by atoms with van der Waals surface area (Å²) in [7, 11) is 1.88. The van der Waals surface area contributed by atoms with Crippen LogP contribution in [0.1, 0.15) is 5.82 Å². The molecule has 0 saturated carbocycles. The zero-order valence-electron chi connectivity index (χ0n) is 8.11. The Morgan fingerprint density at radius 3 is 2.47 bits per heavy atom. The Bertz CT molecular complexity index is 464. The summed E-state index contributed by atoms with van der Waals surface area (Å²) < 4.78 is 14.6. The molecule has 15 heavy (non-hydrogen) atoms. The summed E-state index contributed by atoms with van der Waals surface area (Å²) in [4.78, 5) is 0. The summed E-state index contributed by atoms with van der Waals surface area (Å²) in [5, 5.41) is 8.70. The van der Waals surface area contributed by atoms with Crippen LogP contribution in [0.2, 0.25) is 0 Å². The molecule has 0 amide bonds. The van der Waals surface area contributed by atoms with Crippen LogP contribution in [0.15, 0.2) is 24.3 Å². The van der Waals surface area contributed by atoms with Crippen molar-refractivity contribution in [3.8, 4) is 11.4 Å². The summed E-state index contributed by atoms with van der Waals surface area (Å²) in [6.45, 7) is 0. The molecule has 0 unspecified atom stereocenters. The molecule has 1 aromatic heterocycles. The molecule has 2 rings (SSSR count). The van der Waals surface area contributed by atoms with Crippen LogP contribution in [-0.2, 0) is 12.4 Å². The van der Waals surface area contributed by atoms with Gasteiger partial charge in [0.25, 0.3) is 0 Å². The van der Waals surface area contributed by atoms with Gasteiger partial charge < -0.3 is 4.57 Å². The van der Waals surface area contributed by atoms with Gasteiger partial charge >= 0.3 is 0 Å². The van der Waals surface area contributed by atoms with Crippen molar-refractivity contribution in [1.82, 2.24) is 14.8 Å². The first-order valence-electron chi connectivity index (χ1n) is 4.42. The van der Waals surface area contributed by atoms with Gasteiger partial charge in [0, 0.05) is 12.6 Å². The molecule has 78 valence electrons. The maximum absolute atomic E-state index is 12.7. The number of aromatic nitrogens is 3. The first-order chi connectivity index (χ1) is 7.22. The van der Waals surface area contributed by atoms with E-state index in [0.717, 1.165) is 17.2 Å². The highest BCUT2D eigenvalue weighted by molar-refractivity contribution is 9.08. The number of rotatable bonds is 2. The molecule has 0 spiro atoms. The van der Waals surface area contributed by atoms with E-state index in [1.54, 1.807) is 12.1 Å². The van der Waals surface area contributed by atoms with Gasteiger partial charge in [0.1, 0.15) is 11.6 Å². The summed E-state index contributed by atoms with van der Waals surface area (Å²) in [6, 6.07) is 6.21. The molecular formula is C10H9BrFN3. The Labute approximate surface area is 95.1 Å². The van der Waals surface area contributed by atoms with Crippen molar-refractivity contribution < 1.29 is 4.39 Å². The lowest BCUT2D eigenvalue weighted by Crippen LogP contribution is -1.96. The molecule has 0 aliphatic carbocycles. The molecule has 3 nitrogen and oxygen atoms in total. The maximum Gasteiger partial charge on any atom is 0.163 e. The minimum atomic E-state index is -0.248. The van der Waals surface area contributed by atoms with Crippen LogP contribution in [0, 0.1) is 5.82 Å². The third-order valence-corrected chi connectivity index (χ3v) is 2.69. The van der Waals surface area contributed by atoms with Crippen LogP contribution in [-0.4, -0.2) is 14.8 Å². The van der Waals surface area contributed by atoms with Crippen LogP contribution in [0.3, 0.4) is 0 Å². The summed E-state index contributed by atoms with van der Waals surface area (Å²) >= 11 is 3.32. The topological polar surface area (TPSA) is 30.7 Å². The number of nitrogens with zero attached hydrogens (tertiary/aromatic N) is 3. The highest BCUT2D eigenvalue weighted by Gasteiger charge is 2.09. The second-order valence-corrected chi connectivity index (χ2v) is 3.70. The van der Waals surface area contributed by atoms with Crippen molar-refractivity contribution in [2.24, 2.45) is 7.05 Å². The number of alkyl halides is 1. The third-order valence-electron chi connectivity index (χ3n) is 2.19. The molecule has 1 aromatic carbocycles. The van der Waals surface area contributed by atoms with Gasteiger partial charge in [-0.1, -0.05) is 15.9 Å². The highest BCUT2D eigenvalue weighted by atomic mass is 79.9. The first-order valence-corrected chi connectivity index (χ1v) is 5.54. The minimum Gasteiger partial charge on any atom is -0.313 e. The average Bonchev–Trinajstić information content (AvgIpc) is 2.61. The number of benzene rings is 1. The van der Waals surface area contributed by atoms with Gasteiger partial charge in [0.2, 0.25) is 0 Å². The normalized spacial score (nSPS) is 10.6. The smallest absolute Gasteiger partial charge is 0.163 e. The predicted octanol–water partition coefficient (Wildman–Crippen LogP) is 2.52. The van der Waals surface area contributed by atoms with E-state index in [-0.39, 0.29) is 5.82 Å². The van der Waals surface area contributed by atoms with Gasteiger partial charge in [-0.25, -0.2) is 4.39 Å². The number of halogens is 2. The molecule has 5 heteroatoms.